The summed E-state index contributed by atoms with van der Waals surface area (Å²) in [6.45, 7) is 0. The molecule has 0 amide bonds. The third kappa shape index (κ3) is 3.53. The second kappa shape index (κ2) is 9.36. The van der Waals surface area contributed by atoms with E-state index in [9.17, 15) is 0 Å². The molecule has 0 unspecified atom stereocenters. The first-order valence-corrected chi connectivity index (χ1v) is 15.9. The van der Waals surface area contributed by atoms with E-state index in [1.807, 2.05) is 17.4 Å². The highest BCUT2D eigenvalue weighted by Gasteiger charge is 2.23. The van der Waals surface area contributed by atoms with Crippen LogP contribution < -0.4 is 0 Å². The van der Waals surface area contributed by atoms with Crippen molar-refractivity contribution in [1.82, 2.24) is 19.1 Å². The molecule has 0 bridgehead atoms. The number of nitrogens with zero attached hydrogens (tertiary/aromatic N) is 4. The number of rotatable bonds is 3. The van der Waals surface area contributed by atoms with Crippen molar-refractivity contribution in [3.8, 4) is 22.9 Å². The van der Waals surface area contributed by atoms with Crippen LogP contribution in [-0.2, 0) is 0 Å². The average Bonchev–Trinajstić information content (AvgIpc) is 3.80. The first-order valence-electron chi connectivity index (χ1n) is 15.1. The maximum atomic E-state index is 5.40. The Balaban J connectivity index is 1.41. The van der Waals surface area contributed by atoms with Gasteiger partial charge < -0.3 is 4.57 Å². The van der Waals surface area contributed by atoms with Gasteiger partial charge >= 0.3 is 0 Å². The van der Waals surface area contributed by atoms with Gasteiger partial charge in [0.25, 0.3) is 0 Å². The summed E-state index contributed by atoms with van der Waals surface area (Å²) < 4.78 is 7.13. The molecule has 0 aliphatic carbocycles. The van der Waals surface area contributed by atoms with Crippen LogP contribution in [0.1, 0.15) is 0 Å². The second-order valence-electron chi connectivity index (χ2n) is 11.4. The average molecular weight is 593 g/mol. The molecule has 0 N–H and O–H groups in total. The van der Waals surface area contributed by atoms with E-state index in [2.05, 4.69) is 149 Å². The molecule has 10 rings (SSSR count). The van der Waals surface area contributed by atoms with E-state index in [1.165, 1.54) is 36.3 Å². The van der Waals surface area contributed by atoms with Crippen molar-refractivity contribution in [2.75, 3.05) is 0 Å². The SMILES string of the molecule is c1ccc(-c2nc(-n3c4c(ccc5c4ccn5-c4ccccc4)c4ccc5c6ccccc6sc5c43)nc3ccccc23)cc1. The Morgan fingerprint density at radius 1 is 0.489 bits per heavy atom. The van der Waals surface area contributed by atoms with Gasteiger partial charge in [-0.1, -0.05) is 103 Å². The van der Waals surface area contributed by atoms with E-state index in [4.69, 9.17) is 9.97 Å². The summed E-state index contributed by atoms with van der Waals surface area (Å²) in [5, 5.41) is 7.15. The molecule has 4 aromatic heterocycles. The quantitative estimate of drug-likeness (QED) is 0.205. The molecule has 0 saturated carbocycles. The lowest BCUT2D eigenvalue weighted by Crippen LogP contribution is -2.03. The first kappa shape index (κ1) is 24.6. The van der Waals surface area contributed by atoms with Crippen LogP contribution in [0.15, 0.2) is 146 Å². The molecule has 0 spiro atoms. The second-order valence-corrected chi connectivity index (χ2v) is 12.5. The predicted molar refractivity (Wildman–Crippen MR) is 189 cm³/mol. The number of aromatic nitrogens is 4. The van der Waals surface area contributed by atoms with E-state index >= 15 is 0 Å². The maximum absolute atomic E-state index is 5.40. The van der Waals surface area contributed by atoms with Gasteiger partial charge in [-0.05, 0) is 36.4 Å². The summed E-state index contributed by atoms with van der Waals surface area (Å²) in [5.74, 6) is 0.678. The van der Waals surface area contributed by atoms with E-state index in [-0.39, 0.29) is 0 Å². The van der Waals surface area contributed by atoms with Gasteiger partial charge in [0, 0.05) is 54.5 Å². The van der Waals surface area contributed by atoms with Crippen LogP contribution in [0.2, 0.25) is 0 Å². The highest BCUT2D eigenvalue weighted by Crippen LogP contribution is 2.44. The van der Waals surface area contributed by atoms with Crippen LogP contribution >= 0.6 is 11.3 Å². The smallest absolute Gasteiger partial charge is 0.235 e. The van der Waals surface area contributed by atoms with Crippen molar-refractivity contribution in [2.45, 2.75) is 0 Å². The number of hydrogen-bond donors (Lipinski definition) is 0. The van der Waals surface area contributed by atoms with Crippen LogP contribution in [0.4, 0.5) is 0 Å². The van der Waals surface area contributed by atoms with Crippen molar-refractivity contribution >= 4 is 75.1 Å². The highest BCUT2D eigenvalue weighted by molar-refractivity contribution is 7.26. The number of fused-ring (bicyclic) bond motifs is 10. The van der Waals surface area contributed by atoms with Crippen molar-refractivity contribution in [3.63, 3.8) is 0 Å². The van der Waals surface area contributed by atoms with Gasteiger partial charge in [0.1, 0.15) is 0 Å². The highest BCUT2D eigenvalue weighted by atomic mass is 32.1. The molecule has 5 heteroatoms. The minimum Gasteiger partial charge on any atom is -0.316 e. The third-order valence-electron chi connectivity index (χ3n) is 8.98. The Morgan fingerprint density at radius 3 is 2.04 bits per heavy atom. The minimum absolute atomic E-state index is 0.678. The van der Waals surface area contributed by atoms with E-state index in [0.29, 0.717) is 5.95 Å². The molecule has 45 heavy (non-hydrogen) atoms. The van der Waals surface area contributed by atoms with E-state index in [0.717, 1.165) is 44.4 Å². The number of para-hydroxylation sites is 2. The monoisotopic (exact) mass is 592 g/mol. The summed E-state index contributed by atoms with van der Waals surface area (Å²) in [6, 6.07) is 49.4. The first-order chi connectivity index (χ1) is 22.3. The molecule has 10 aromatic rings. The summed E-state index contributed by atoms with van der Waals surface area (Å²) in [6.07, 6.45) is 2.17. The number of hydrogen-bond acceptors (Lipinski definition) is 3. The Kier molecular flexibility index (Phi) is 5.12. The molecule has 4 nitrogen and oxygen atoms in total. The Bertz CT molecular complexity index is 2750. The summed E-state index contributed by atoms with van der Waals surface area (Å²) in [7, 11) is 0. The Morgan fingerprint density at radius 2 is 1.18 bits per heavy atom. The molecule has 4 heterocycles. The maximum Gasteiger partial charge on any atom is 0.235 e. The van der Waals surface area contributed by atoms with Crippen LogP contribution in [-0.4, -0.2) is 19.1 Å². The van der Waals surface area contributed by atoms with Gasteiger partial charge in [0.05, 0.1) is 32.5 Å². The lowest BCUT2D eigenvalue weighted by molar-refractivity contribution is 1.02. The van der Waals surface area contributed by atoms with Crippen molar-refractivity contribution in [3.05, 3.63) is 146 Å². The van der Waals surface area contributed by atoms with Crippen LogP contribution in [0, 0.1) is 0 Å². The third-order valence-corrected chi connectivity index (χ3v) is 10.2. The largest absolute Gasteiger partial charge is 0.316 e. The Labute approximate surface area is 262 Å². The summed E-state index contributed by atoms with van der Waals surface area (Å²) in [4.78, 5) is 10.7. The minimum atomic E-state index is 0.678. The Hall–Kier alpha value is -5.78. The molecule has 0 radical (unpaired) electrons. The molecule has 0 fully saturated rings. The van der Waals surface area contributed by atoms with Crippen molar-refractivity contribution in [2.24, 2.45) is 0 Å². The normalized spacial score (nSPS) is 12.0. The molecule has 0 aliphatic heterocycles. The number of thiophene rings is 1. The van der Waals surface area contributed by atoms with Crippen LogP contribution in [0.3, 0.4) is 0 Å². The van der Waals surface area contributed by atoms with Gasteiger partial charge in [-0.2, -0.15) is 0 Å². The lowest BCUT2D eigenvalue weighted by atomic mass is 10.1. The fourth-order valence-corrected chi connectivity index (χ4v) is 8.22. The molecule has 0 aliphatic rings. The van der Waals surface area contributed by atoms with E-state index in [1.54, 1.807) is 0 Å². The van der Waals surface area contributed by atoms with Gasteiger partial charge in [0.15, 0.2) is 0 Å². The van der Waals surface area contributed by atoms with Gasteiger partial charge in [0.2, 0.25) is 5.95 Å². The number of benzene rings is 6. The summed E-state index contributed by atoms with van der Waals surface area (Å²) in [5.41, 5.74) is 7.49. The topological polar surface area (TPSA) is 35.6 Å². The zero-order chi connectivity index (χ0) is 29.5. The lowest BCUT2D eigenvalue weighted by Gasteiger charge is -2.12. The molecule has 210 valence electrons. The van der Waals surface area contributed by atoms with Crippen LogP contribution in [0.5, 0.6) is 0 Å². The van der Waals surface area contributed by atoms with Gasteiger partial charge in [-0.15, -0.1) is 11.3 Å². The van der Waals surface area contributed by atoms with Gasteiger partial charge in [-0.25, -0.2) is 9.97 Å². The van der Waals surface area contributed by atoms with Crippen molar-refractivity contribution < 1.29 is 0 Å². The molecular formula is C40H24N4S. The standard InChI is InChI=1S/C40H24N4S/c1-3-11-25(12-4-1)36-31-16-7-9-17-33(31)41-40(42-36)44-37-28(21-22-34-32(37)23-24-43(34)26-13-5-2-6-14-26)29-19-20-30-27-15-8-10-18-35(27)45-39(30)38(29)44/h1-24H. The molecule has 0 atom stereocenters. The predicted octanol–water partition coefficient (Wildman–Crippen LogP) is 10.7. The van der Waals surface area contributed by atoms with Gasteiger partial charge in [-0.3, -0.25) is 4.57 Å². The molecular weight excluding hydrogens is 569 g/mol. The molecule has 0 saturated heterocycles. The van der Waals surface area contributed by atoms with Crippen molar-refractivity contribution in [1.29, 1.82) is 0 Å². The fraction of sp³-hybridized carbons (Fsp3) is 0. The van der Waals surface area contributed by atoms with Crippen LogP contribution in [0.25, 0.3) is 86.7 Å². The zero-order valence-corrected chi connectivity index (χ0v) is 24.9. The summed E-state index contributed by atoms with van der Waals surface area (Å²) >= 11 is 1.85. The zero-order valence-electron chi connectivity index (χ0n) is 24.1. The molecule has 6 aromatic carbocycles. The fourth-order valence-electron chi connectivity index (χ4n) is 6.98. The van der Waals surface area contributed by atoms with E-state index < -0.39 is 0 Å².